The average Bonchev–Trinajstić information content (AvgIpc) is 2.82. The molecule has 1 saturated carbocycles. The molecule has 1 unspecified atom stereocenters. The van der Waals surface area contributed by atoms with Gasteiger partial charge in [-0.1, -0.05) is 49.9 Å². The van der Waals surface area contributed by atoms with Crippen molar-refractivity contribution in [2.45, 2.75) is 51.5 Å². The second kappa shape index (κ2) is 9.41. The van der Waals surface area contributed by atoms with Crippen LogP contribution < -0.4 is 5.56 Å². The number of benzene rings is 2. The van der Waals surface area contributed by atoms with Crippen LogP contribution in [0.25, 0.3) is 16.6 Å². The van der Waals surface area contributed by atoms with Crippen LogP contribution in [0.4, 0.5) is 4.39 Å². The zero-order chi connectivity index (χ0) is 22.8. The maximum atomic E-state index is 13.8. The summed E-state index contributed by atoms with van der Waals surface area (Å²) in [5.41, 5.74) is 0.714. The molecular weight excluding hydrogens is 429 g/mol. The van der Waals surface area contributed by atoms with Gasteiger partial charge in [0, 0.05) is 13.0 Å². The Morgan fingerprint density at radius 1 is 1.22 bits per heavy atom. The Morgan fingerprint density at radius 3 is 2.62 bits per heavy atom. The third-order valence-electron chi connectivity index (χ3n) is 6.42. The lowest BCUT2D eigenvalue weighted by molar-refractivity contribution is -0.137. The predicted octanol–water partition coefficient (Wildman–Crippen LogP) is 5.67. The molecule has 0 bridgehead atoms. The normalized spacial score (nSPS) is 15.6. The van der Waals surface area contributed by atoms with Gasteiger partial charge in [-0.15, -0.1) is 0 Å². The van der Waals surface area contributed by atoms with E-state index in [2.05, 4.69) is 0 Å². The van der Waals surface area contributed by atoms with Crippen molar-refractivity contribution in [2.75, 3.05) is 7.05 Å². The van der Waals surface area contributed by atoms with Crippen molar-refractivity contribution in [2.24, 2.45) is 5.92 Å². The fraction of sp³-hybridized carbons (Fsp3) is 0.400. The lowest BCUT2D eigenvalue weighted by Crippen LogP contribution is -2.39. The first kappa shape index (κ1) is 22.5. The molecule has 1 atom stereocenters. The van der Waals surface area contributed by atoms with E-state index < -0.39 is 11.9 Å². The summed E-state index contributed by atoms with van der Waals surface area (Å²) >= 11 is 6.04. The second-order valence-electron chi connectivity index (χ2n) is 8.43. The fourth-order valence-corrected chi connectivity index (χ4v) is 4.84. The molecular formula is C25H27ClFN3O2. The molecule has 1 fully saturated rings. The molecule has 4 rings (SSSR count). The molecule has 0 aliphatic heterocycles. The van der Waals surface area contributed by atoms with Gasteiger partial charge < -0.3 is 4.90 Å². The quantitative estimate of drug-likeness (QED) is 0.498. The Balaban J connectivity index is 1.88. The van der Waals surface area contributed by atoms with E-state index in [4.69, 9.17) is 16.6 Å². The zero-order valence-electron chi connectivity index (χ0n) is 18.4. The number of para-hydroxylation sites is 1. The van der Waals surface area contributed by atoms with Crippen LogP contribution in [0.1, 0.15) is 57.3 Å². The van der Waals surface area contributed by atoms with Gasteiger partial charge in [0.05, 0.1) is 27.7 Å². The molecule has 0 spiro atoms. The Kier molecular flexibility index (Phi) is 6.60. The molecule has 3 aromatic rings. The summed E-state index contributed by atoms with van der Waals surface area (Å²) in [6.07, 6.45) is 5.66. The predicted molar refractivity (Wildman–Crippen MR) is 125 cm³/mol. The van der Waals surface area contributed by atoms with E-state index in [9.17, 15) is 14.0 Å². The summed E-state index contributed by atoms with van der Waals surface area (Å²) in [7, 11) is 1.79. The van der Waals surface area contributed by atoms with Crippen molar-refractivity contribution in [3.63, 3.8) is 0 Å². The molecule has 32 heavy (non-hydrogen) atoms. The lowest BCUT2D eigenvalue weighted by Gasteiger charge is -2.33. The van der Waals surface area contributed by atoms with Gasteiger partial charge in [-0.2, -0.15) is 0 Å². The topological polar surface area (TPSA) is 55.2 Å². The molecule has 0 N–H and O–H groups in total. The molecule has 1 aliphatic rings. The highest BCUT2D eigenvalue weighted by Gasteiger charge is 2.31. The second-order valence-corrected chi connectivity index (χ2v) is 8.84. The minimum Gasteiger partial charge on any atom is -0.335 e. The SMILES string of the molecule is CCC(c1nc2ccccc2c(=O)n1-c1ccc(F)c(Cl)c1)N(C)C(=O)C1CCCCC1. The maximum absolute atomic E-state index is 13.8. The summed E-state index contributed by atoms with van der Waals surface area (Å²) in [5, 5.41) is 0.376. The number of aromatic nitrogens is 2. The van der Waals surface area contributed by atoms with E-state index >= 15 is 0 Å². The molecule has 1 aromatic heterocycles. The van der Waals surface area contributed by atoms with Gasteiger partial charge in [0.25, 0.3) is 5.56 Å². The van der Waals surface area contributed by atoms with E-state index in [1.165, 1.54) is 29.2 Å². The summed E-state index contributed by atoms with van der Waals surface area (Å²) in [4.78, 5) is 33.4. The fourth-order valence-electron chi connectivity index (χ4n) is 4.67. The molecule has 1 amide bonds. The Labute approximate surface area is 191 Å². The first-order chi connectivity index (χ1) is 15.4. The number of hydrogen-bond donors (Lipinski definition) is 0. The van der Waals surface area contributed by atoms with Crippen LogP contribution in [-0.4, -0.2) is 27.4 Å². The van der Waals surface area contributed by atoms with Gasteiger partial charge in [0.15, 0.2) is 0 Å². The number of carbonyl (C=O) groups excluding carboxylic acids is 1. The summed E-state index contributed by atoms with van der Waals surface area (Å²) in [5.74, 6) is -0.0210. The largest absolute Gasteiger partial charge is 0.335 e. The molecule has 5 nitrogen and oxygen atoms in total. The average molecular weight is 456 g/mol. The van der Waals surface area contributed by atoms with E-state index in [0.717, 1.165) is 25.7 Å². The van der Waals surface area contributed by atoms with Crippen molar-refractivity contribution < 1.29 is 9.18 Å². The van der Waals surface area contributed by atoms with Crippen LogP contribution in [0, 0.1) is 11.7 Å². The number of carbonyl (C=O) groups is 1. The zero-order valence-corrected chi connectivity index (χ0v) is 19.1. The van der Waals surface area contributed by atoms with Crippen molar-refractivity contribution in [3.05, 3.63) is 69.5 Å². The molecule has 0 saturated heterocycles. The molecule has 7 heteroatoms. The van der Waals surface area contributed by atoms with Crippen molar-refractivity contribution in [3.8, 4) is 5.69 Å². The Bertz CT molecular complexity index is 1200. The molecule has 1 aliphatic carbocycles. The van der Waals surface area contributed by atoms with Crippen LogP contribution in [0.15, 0.2) is 47.3 Å². The van der Waals surface area contributed by atoms with Gasteiger partial charge in [0.2, 0.25) is 5.91 Å². The number of rotatable bonds is 5. The van der Waals surface area contributed by atoms with Gasteiger partial charge in [-0.05, 0) is 49.6 Å². The highest BCUT2D eigenvalue weighted by atomic mass is 35.5. The minimum atomic E-state index is -0.560. The number of amides is 1. The Morgan fingerprint density at radius 2 is 1.94 bits per heavy atom. The first-order valence-corrected chi connectivity index (χ1v) is 11.5. The van der Waals surface area contributed by atoms with Gasteiger partial charge >= 0.3 is 0 Å². The van der Waals surface area contributed by atoms with E-state index in [1.54, 1.807) is 30.1 Å². The van der Waals surface area contributed by atoms with Crippen molar-refractivity contribution in [1.82, 2.24) is 14.5 Å². The summed E-state index contributed by atoms with van der Waals surface area (Å²) in [6, 6.07) is 10.9. The molecule has 168 valence electrons. The number of hydrogen-bond acceptors (Lipinski definition) is 3. The van der Waals surface area contributed by atoms with Gasteiger partial charge in [0.1, 0.15) is 11.6 Å². The van der Waals surface area contributed by atoms with E-state index in [1.807, 2.05) is 13.0 Å². The van der Waals surface area contributed by atoms with Gasteiger partial charge in [-0.3, -0.25) is 14.2 Å². The smallest absolute Gasteiger partial charge is 0.266 e. The lowest BCUT2D eigenvalue weighted by atomic mass is 9.88. The number of halogens is 2. The first-order valence-electron chi connectivity index (χ1n) is 11.2. The van der Waals surface area contributed by atoms with Gasteiger partial charge in [-0.25, -0.2) is 9.37 Å². The Hall–Kier alpha value is -2.73. The van der Waals surface area contributed by atoms with Crippen LogP contribution >= 0.6 is 11.6 Å². The van der Waals surface area contributed by atoms with Crippen LogP contribution in [0.3, 0.4) is 0 Å². The summed E-state index contributed by atoms with van der Waals surface area (Å²) < 4.78 is 15.3. The highest BCUT2D eigenvalue weighted by molar-refractivity contribution is 6.30. The van der Waals surface area contributed by atoms with Crippen LogP contribution in [-0.2, 0) is 4.79 Å². The van der Waals surface area contributed by atoms with Crippen molar-refractivity contribution >= 4 is 28.4 Å². The third-order valence-corrected chi connectivity index (χ3v) is 6.71. The van der Waals surface area contributed by atoms with Crippen LogP contribution in [0.5, 0.6) is 0 Å². The third kappa shape index (κ3) is 4.16. The molecule has 0 radical (unpaired) electrons. The van der Waals surface area contributed by atoms with E-state index in [0.29, 0.717) is 28.8 Å². The molecule has 2 aromatic carbocycles. The van der Waals surface area contributed by atoms with Crippen molar-refractivity contribution in [1.29, 1.82) is 0 Å². The van der Waals surface area contributed by atoms with E-state index in [-0.39, 0.29) is 22.4 Å². The molecule has 1 heterocycles. The highest BCUT2D eigenvalue weighted by Crippen LogP contribution is 2.31. The minimum absolute atomic E-state index is 0.00342. The number of nitrogens with zero attached hydrogens (tertiary/aromatic N) is 3. The summed E-state index contributed by atoms with van der Waals surface area (Å²) in [6.45, 7) is 1.97. The van der Waals surface area contributed by atoms with Crippen LogP contribution in [0.2, 0.25) is 5.02 Å². The maximum Gasteiger partial charge on any atom is 0.266 e. The standard InChI is InChI=1S/C25H27ClFN3O2/c1-3-22(29(2)24(31)16-9-5-4-6-10-16)23-28-21-12-8-7-11-18(21)25(32)30(23)17-13-14-20(27)19(26)15-17/h7-8,11-16,22H,3-6,9-10H2,1-2H3. The monoisotopic (exact) mass is 455 g/mol. The number of fused-ring (bicyclic) bond motifs is 1.